The first-order valence-corrected chi connectivity index (χ1v) is 10.6. The van der Waals surface area contributed by atoms with Gasteiger partial charge in [-0.05, 0) is 61.1 Å². The molecular weight excluding hydrogens is 355 g/mol. The molecule has 2 aliphatic carbocycles. The summed E-state index contributed by atoms with van der Waals surface area (Å²) < 4.78 is 18.8. The average Bonchev–Trinajstić information content (AvgIpc) is 3.25. The van der Waals surface area contributed by atoms with Crippen LogP contribution in [-0.2, 0) is 18.3 Å². The average molecular weight is 374 g/mol. The van der Waals surface area contributed by atoms with Gasteiger partial charge in [-0.15, -0.1) is 0 Å². The van der Waals surface area contributed by atoms with Crippen molar-refractivity contribution in [1.29, 1.82) is 0 Å². The Morgan fingerprint density at radius 2 is 1.30 bits per heavy atom. The van der Waals surface area contributed by atoms with Gasteiger partial charge >= 0.3 is 8.60 Å². The normalized spacial score (nSPS) is 18.5. The first-order chi connectivity index (χ1) is 13.3. The molecule has 6 rings (SSSR count). The third-order valence-electron chi connectivity index (χ3n) is 6.09. The predicted octanol–water partition coefficient (Wildman–Crippen LogP) is 5.94. The van der Waals surface area contributed by atoms with Crippen molar-refractivity contribution < 1.29 is 13.6 Å². The molecule has 0 bridgehead atoms. The van der Waals surface area contributed by atoms with Crippen LogP contribution in [0.5, 0.6) is 17.2 Å². The molecule has 0 unspecified atom stereocenters. The molecule has 1 heterocycles. The van der Waals surface area contributed by atoms with Crippen LogP contribution in [0.25, 0.3) is 0 Å². The van der Waals surface area contributed by atoms with Crippen LogP contribution in [0.1, 0.15) is 35.1 Å². The maximum absolute atomic E-state index is 6.36. The summed E-state index contributed by atoms with van der Waals surface area (Å²) in [5.74, 6) is 2.61. The summed E-state index contributed by atoms with van der Waals surface area (Å²) in [6, 6.07) is 22.6. The van der Waals surface area contributed by atoms with Crippen molar-refractivity contribution in [1.82, 2.24) is 0 Å². The molecule has 27 heavy (non-hydrogen) atoms. The molecule has 0 atom stereocenters. The third kappa shape index (κ3) is 2.25. The standard InChI is InChI=1S/C23H19O3P/c1-2-8-18(9-3-1)24-27-25-19-10-4-6-16-12-14-23(21(16)19)15-13-17-7-5-11-20(26-27)22(17)23/h1-11H,12-15H2. The van der Waals surface area contributed by atoms with E-state index in [1.165, 1.54) is 22.3 Å². The Morgan fingerprint density at radius 1 is 0.704 bits per heavy atom. The van der Waals surface area contributed by atoms with Gasteiger partial charge in [0.15, 0.2) is 0 Å². The molecule has 134 valence electrons. The van der Waals surface area contributed by atoms with Crippen LogP contribution >= 0.6 is 8.60 Å². The number of hydrogen-bond donors (Lipinski definition) is 0. The van der Waals surface area contributed by atoms with Gasteiger partial charge in [0.25, 0.3) is 0 Å². The minimum absolute atomic E-state index is 0.0338. The largest absolute Gasteiger partial charge is 0.530 e. The SMILES string of the molecule is c1ccc(OP2Oc3cccc4c3C3(CC4)CCc4cccc(c43)O2)cc1. The zero-order valence-electron chi connectivity index (χ0n) is 14.9. The highest BCUT2D eigenvalue weighted by atomic mass is 31.2. The van der Waals surface area contributed by atoms with Crippen LogP contribution in [0.3, 0.4) is 0 Å². The van der Waals surface area contributed by atoms with Gasteiger partial charge in [0.1, 0.15) is 17.2 Å². The van der Waals surface area contributed by atoms with Crippen LogP contribution in [0.15, 0.2) is 66.7 Å². The van der Waals surface area contributed by atoms with E-state index in [-0.39, 0.29) is 5.41 Å². The highest BCUT2D eigenvalue weighted by Gasteiger charge is 2.50. The molecule has 0 saturated carbocycles. The number of benzene rings is 3. The Kier molecular flexibility index (Phi) is 3.30. The van der Waals surface area contributed by atoms with E-state index < -0.39 is 8.60 Å². The molecule has 1 aliphatic heterocycles. The predicted molar refractivity (Wildman–Crippen MR) is 106 cm³/mol. The molecule has 0 radical (unpaired) electrons. The zero-order chi connectivity index (χ0) is 17.8. The molecule has 1 spiro atoms. The van der Waals surface area contributed by atoms with Gasteiger partial charge in [0.05, 0.1) is 0 Å². The van der Waals surface area contributed by atoms with Crippen LogP contribution in [0, 0.1) is 0 Å². The molecule has 4 heteroatoms. The molecule has 3 aromatic rings. The second kappa shape index (κ2) is 5.74. The summed E-state index contributed by atoms with van der Waals surface area (Å²) in [6.07, 6.45) is 4.46. The fraction of sp³-hybridized carbons (Fsp3) is 0.217. The van der Waals surface area contributed by atoms with E-state index in [0.29, 0.717) is 0 Å². The molecule has 3 aromatic carbocycles. The first kappa shape index (κ1) is 15.5. The second-order valence-corrected chi connectivity index (χ2v) is 8.47. The fourth-order valence-corrected chi connectivity index (χ4v) is 6.07. The smallest absolute Gasteiger partial charge is 0.409 e. The summed E-state index contributed by atoms with van der Waals surface area (Å²) in [5, 5.41) is 0. The van der Waals surface area contributed by atoms with Crippen molar-refractivity contribution in [2.45, 2.75) is 31.1 Å². The number of aryl methyl sites for hydroxylation is 2. The van der Waals surface area contributed by atoms with Crippen LogP contribution in [-0.4, -0.2) is 0 Å². The van der Waals surface area contributed by atoms with E-state index in [1.54, 1.807) is 0 Å². The number of rotatable bonds is 2. The molecule has 0 saturated heterocycles. The second-order valence-electron chi connectivity index (χ2n) is 7.47. The van der Waals surface area contributed by atoms with Crippen molar-refractivity contribution in [3.05, 3.63) is 89.0 Å². The topological polar surface area (TPSA) is 27.7 Å². The lowest BCUT2D eigenvalue weighted by Gasteiger charge is -2.33. The van der Waals surface area contributed by atoms with Crippen molar-refractivity contribution >= 4 is 8.60 Å². The fourth-order valence-electron chi connectivity index (χ4n) is 5.04. The van der Waals surface area contributed by atoms with Crippen molar-refractivity contribution in [2.24, 2.45) is 0 Å². The maximum Gasteiger partial charge on any atom is 0.530 e. The molecule has 0 N–H and O–H groups in total. The van der Waals surface area contributed by atoms with Crippen molar-refractivity contribution in [3.8, 4) is 17.2 Å². The van der Waals surface area contributed by atoms with E-state index in [0.717, 1.165) is 42.9 Å². The molecule has 3 nitrogen and oxygen atoms in total. The third-order valence-corrected chi connectivity index (χ3v) is 7.14. The molecular formula is C23H19O3P. The molecule has 0 amide bonds. The van der Waals surface area contributed by atoms with Gasteiger partial charge in [0, 0.05) is 16.5 Å². The van der Waals surface area contributed by atoms with E-state index >= 15 is 0 Å². The van der Waals surface area contributed by atoms with Gasteiger partial charge in [-0.3, -0.25) is 0 Å². The van der Waals surface area contributed by atoms with E-state index in [2.05, 4.69) is 36.4 Å². The summed E-state index contributed by atoms with van der Waals surface area (Å²) in [7, 11) is -1.58. The Balaban J connectivity index is 1.53. The first-order valence-electron chi connectivity index (χ1n) is 9.47. The monoisotopic (exact) mass is 374 g/mol. The molecule has 0 fully saturated rings. The summed E-state index contributed by atoms with van der Waals surface area (Å²) in [6.45, 7) is 0. The summed E-state index contributed by atoms with van der Waals surface area (Å²) >= 11 is 0. The zero-order valence-corrected chi connectivity index (χ0v) is 15.7. The van der Waals surface area contributed by atoms with Crippen molar-refractivity contribution in [2.75, 3.05) is 0 Å². The lowest BCUT2D eigenvalue weighted by atomic mass is 9.76. The number of hydrogen-bond acceptors (Lipinski definition) is 3. The molecule has 0 aromatic heterocycles. The summed E-state index contributed by atoms with van der Waals surface area (Å²) in [4.78, 5) is 0. The Labute approximate surface area is 159 Å². The minimum atomic E-state index is -1.58. The van der Waals surface area contributed by atoms with Gasteiger partial charge in [-0.2, -0.15) is 0 Å². The van der Waals surface area contributed by atoms with Crippen LogP contribution < -0.4 is 13.6 Å². The summed E-state index contributed by atoms with van der Waals surface area (Å²) in [5.41, 5.74) is 5.58. The Hall–Kier alpha value is -2.51. The quantitative estimate of drug-likeness (QED) is 0.520. The van der Waals surface area contributed by atoms with E-state index in [1.807, 2.05) is 30.3 Å². The van der Waals surface area contributed by atoms with Gasteiger partial charge < -0.3 is 13.6 Å². The Morgan fingerprint density at radius 3 is 1.89 bits per heavy atom. The lowest BCUT2D eigenvalue weighted by Crippen LogP contribution is -2.24. The van der Waals surface area contributed by atoms with Crippen molar-refractivity contribution in [3.63, 3.8) is 0 Å². The highest BCUT2D eigenvalue weighted by molar-refractivity contribution is 7.43. The molecule has 3 aliphatic rings. The lowest BCUT2D eigenvalue weighted by molar-refractivity contribution is 0.364. The van der Waals surface area contributed by atoms with Crippen LogP contribution in [0.2, 0.25) is 0 Å². The maximum atomic E-state index is 6.36. The minimum Gasteiger partial charge on any atom is -0.409 e. The van der Waals surface area contributed by atoms with Gasteiger partial charge in [0.2, 0.25) is 0 Å². The Bertz CT molecular complexity index is 968. The van der Waals surface area contributed by atoms with E-state index in [9.17, 15) is 0 Å². The van der Waals surface area contributed by atoms with Gasteiger partial charge in [-0.25, -0.2) is 0 Å². The van der Waals surface area contributed by atoms with Crippen LogP contribution in [0.4, 0.5) is 0 Å². The highest BCUT2D eigenvalue weighted by Crippen LogP contribution is 2.61. The van der Waals surface area contributed by atoms with E-state index in [4.69, 9.17) is 13.6 Å². The number of para-hydroxylation sites is 1. The van der Waals surface area contributed by atoms with Gasteiger partial charge in [-0.1, -0.05) is 42.5 Å².